The number of carbonyl (C=O) groups excluding carboxylic acids is 3. The van der Waals surface area contributed by atoms with Gasteiger partial charge in [-0.05, 0) is 48.3 Å². The molecule has 2 atom stereocenters. The van der Waals surface area contributed by atoms with E-state index >= 15 is 0 Å². The number of nitrogens with two attached hydrogens (primary N) is 1. The first-order valence-electron chi connectivity index (χ1n) is 9.03. The predicted octanol–water partition coefficient (Wildman–Crippen LogP) is 2.58. The first kappa shape index (κ1) is 18.4. The van der Waals surface area contributed by atoms with E-state index in [1.165, 1.54) is 13.0 Å². The Morgan fingerprint density at radius 1 is 1.19 bits per heavy atom. The Kier molecular flexibility index (Phi) is 4.33. The maximum Gasteiger partial charge on any atom is 0.323 e. The molecule has 1 aromatic carbocycles. The zero-order chi connectivity index (χ0) is 19.3. The first-order valence-corrected chi connectivity index (χ1v) is 9.03. The number of fused-ring (bicyclic) bond motifs is 2. The van der Waals surface area contributed by atoms with E-state index in [-0.39, 0.29) is 16.9 Å². The highest BCUT2D eigenvalue weighted by Crippen LogP contribution is 2.52. The molecule has 140 valence electrons. The van der Waals surface area contributed by atoms with Gasteiger partial charge in [0.25, 0.3) is 0 Å². The SMILES string of the molecule is CC(=O)N(C(=O)C(=O)N1CC2(C)CC1CC(C)(C)C2)c1cccc(N)c1. The number of likely N-dealkylation sites (tertiary alicyclic amines) is 1. The lowest BCUT2D eigenvalue weighted by atomic mass is 9.65. The summed E-state index contributed by atoms with van der Waals surface area (Å²) < 4.78 is 0. The summed E-state index contributed by atoms with van der Waals surface area (Å²) in [4.78, 5) is 40.6. The average molecular weight is 357 g/mol. The van der Waals surface area contributed by atoms with Gasteiger partial charge in [-0.3, -0.25) is 14.4 Å². The van der Waals surface area contributed by atoms with E-state index in [9.17, 15) is 14.4 Å². The smallest absolute Gasteiger partial charge is 0.323 e. The molecule has 0 aromatic heterocycles. The molecule has 0 spiro atoms. The van der Waals surface area contributed by atoms with Gasteiger partial charge in [0.1, 0.15) is 0 Å². The first-order chi connectivity index (χ1) is 12.0. The van der Waals surface area contributed by atoms with Crippen molar-refractivity contribution in [1.29, 1.82) is 0 Å². The molecule has 1 saturated carbocycles. The molecule has 2 unspecified atom stereocenters. The molecule has 1 heterocycles. The van der Waals surface area contributed by atoms with Gasteiger partial charge in [-0.1, -0.05) is 26.8 Å². The van der Waals surface area contributed by atoms with Crippen LogP contribution in [-0.2, 0) is 14.4 Å². The number of benzene rings is 1. The average Bonchev–Trinajstić information content (AvgIpc) is 2.75. The number of nitrogens with zero attached hydrogens (tertiary/aromatic N) is 2. The molecule has 0 radical (unpaired) electrons. The van der Waals surface area contributed by atoms with E-state index in [1.54, 1.807) is 23.1 Å². The van der Waals surface area contributed by atoms with Gasteiger partial charge < -0.3 is 10.6 Å². The lowest BCUT2D eigenvalue weighted by Gasteiger charge is -2.39. The summed E-state index contributed by atoms with van der Waals surface area (Å²) in [6.45, 7) is 8.44. The van der Waals surface area contributed by atoms with Crippen molar-refractivity contribution in [2.45, 2.75) is 53.0 Å². The van der Waals surface area contributed by atoms with Crippen molar-refractivity contribution in [3.8, 4) is 0 Å². The van der Waals surface area contributed by atoms with Crippen LogP contribution in [0.15, 0.2) is 24.3 Å². The third-order valence-corrected chi connectivity index (χ3v) is 5.51. The second kappa shape index (κ2) is 6.11. The van der Waals surface area contributed by atoms with Crippen molar-refractivity contribution in [3.63, 3.8) is 0 Å². The van der Waals surface area contributed by atoms with Crippen molar-refractivity contribution >= 4 is 29.1 Å². The summed E-state index contributed by atoms with van der Waals surface area (Å²) in [5.74, 6) is -1.91. The molecule has 2 aliphatic rings. The minimum Gasteiger partial charge on any atom is -0.399 e. The van der Waals surface area contributed by atoms with E-state index in [0.29, 0.717) is 17.9 Å². The van der Waals surface area contributed by atoms with E-state index in [1.807, 2.05) is 0 Å². The van der Waals surface area contributed by atoms with Gasteiger partial charge in [-0.15, -0.1) is 0 Å². The number of imide groups is 1. The van der Waals surface area contributed by atoms with Crippen LogP contribution >= 0.6 is 0 Å². The zero-order valence-corrected chi connectivity index (χ0v) is 15.9. The van der Waals surface area contributed by atoms with Gasteiger partial charge in [0, 0.05) is 25.2 Å². The molecule has 3 amide bonds. The third kappa shape index (κ3) is 3.32. The minimum absolute atomic E-state index is 0.0284. The van der Waals surface area contributed by atoms with Crippen molar-refractivity contribution in [3.05, 3.63) is 24.3 Å². The summed E-state index contributed by atoms with van der Waals surface area (Å²) in [7, 11) is 0. The topological polar surface area (TPSA) is 83.7 Å². The van der Waals surface area contributed by atoms with Gasteiger partial charge in [0.05, 0.1) is 5.69 Å². The summed E-state index contributed by atoms with van der Waals surface area (Å²) >= 11 is 0. The Morgan fingerprint density at radius 2 is 1.88 bits per heavy atom. The molecule has 26 heavy (non-hydrogen) atoms. The van der Waals surface area contributed by atoms with E-state index in [0.717, 1.165) is 24.2 Å². The van der Waals surface area contributed by atoms with Crippen molar-refractivity contribution in [1.82, 2.24) is 4.90 Å². The van der Waals surface area contributed by atoms with Gasteiger partial charge in [0.2, 0.25) is 5.91 Å². The Hall–Kier alpha value is -2.37. The van der Waals surface area contributed by atoms with Gasteiger partial charge >= 0.3 is 11.8 Å². The Morgan fingerprint density at radius 3 is 2.50 bits per heavy atom. The molecule has 1 aliphatic carbocycles. The third-order valence-electron chi connectivity index (χ3n) is 5.51. The summed E-state index contributed by atoms with van der Waals surface area (Å²) in [6, 6.07) is 6.51. The second-order valence-electron chi connectivity index (χ2n) is 8.90. The Labute approximate surface area is 154 Å². The second-order valence-corrected chi connectivity index (χ2v) is 8.90. The lowest BCUT2D eigenvalue weighted by molar-refractivity contribution is -0.146. The fourth-order valence-corrected chi connectivity index (χ4v) is 5.02. The molecule has 1 aliphatic heterocycles. The van der Waals surface area contributed by atoms with Crippen LogP contribution in [0.4, 0.5) is 11.4 Å². The molecule has 2 N–H and O–H groups in total. The van der Waals surface area contributed by atoms with E-state index in [2.05, 4.69) is 20.8 Å². The molecule has 2 bridgehead atoms. The molecule has 6 nitrogen and oxygen atoms in total. The minimum atomic E-state index is -0.808. The number of carbonyl (C=O) groups is 3. The van der Waals surface area contributed by atoms with Crippen molar-refractivity contribution < 1.29 is 14.4 Å². The van der Waals surface area contributed by atoms with Crippen LogP contribution in [0.25, 0.3) is 0 Å². The molecular weight excluding hydrogens is 330 g/mol. The van der Waals surface area contributed by atoms with Crippen LogP contribution in [-0.4, -0.2) is 35.2 Å². The molecular formula is C20H27N3O3. The number of anilines is 2. The molecule has 1 saturated heterocycles. The van der Waals surface area contributed by atoms with Crippen LogP contribution in [0.1, 0.15) is 47.0 Å². The zero-order valence-electron chi connectivity index (χ0n) is 15.9. The molecule has 6 heteroatoms. The Bertz CT molecular complexity index is 773. The summed E-state index contributed by atoms with van der Waals surface area (Å²) in [5, 5.41) is 0. The number of rotatable bonds is 1. The van der Waals surface area contributed by atoms with Crippen LogP contribution in [0.5, 0.6) is 0 Å². The standard InChI is InChI=1S/C20H27N3O3/c1-13(24)23(15-7-5-6-14(21)8-15)18(26)17(25)22-12-20(4)10-16(22)9-19(2,3)11-20/h5-8,16H,9-12,21H2,1-4H3. The highest BCUT2D eigenvalue weighted by atomic mass is 16.2. The lowest BCUT2D eigenvalue weighted by Crippen LogP contribution is -2.49. The normalized spacial score (nSPS) is 26.5. The quantitative estimate of drug-likeness (QED) is 0.618. The molecule has 3 rings (SSSR count). The summed E-state index contributed by atoms with van der Waals surface area (Å²) in [5.41, 5.74) is 6.69. The van der Waals surface area contributed by atoms with Gasteiger partial charge in [-0.25, -0.2) is 4.90 Å². The van der Waals surface area contributed by atoms with E-state index < -0.39 is 17.7 Å². The van der Waals surface area contributed by atoms with Crippen molar-refractivity contribution in [2.75, 3.05) is 17.2 Å². The number of hydrogen-bond acceptors (Lipinski definition) is 4. The fourth-order valence-electron chi connectivity index (χ4n) is 5.02. The molecule has 2 fully saturated rings. The monoisotopic (exact) mass is 357 g/mol. The number of nitrogen functional groups attached to an aromatic ring is 1. The van der Waals surface area contributed by atoms with Gasteiger partial charge in [0.15, 0.2) is 0 Å². The van der Waals surface area contributed by atoms with E-state index in [4.69, 9.17) is 5.73 Å². The molecule has 1 aromatic rings. The highest BCUT2D eigenvalue weighted by molar-refractivity contribution is 6.45. The predicted molar refractivity (Wildman–Crippen MR) is 100 cm³/mol. The fraction of sp³-hybridized carbons (Fsp3) is 0.550. The largest absolute Gasteiger partial charge is 0.399 e. The van der Waals surface area contributed by atoms with Crippen molar-refractivity contribution in [2.24, 2.45) is 10.8 Å². The highest BCUT2D eigenvalue weighted by Gasteiger charge is 2.52. The van der Waals surface area contributed by atoms with Crippen LogP contribution in [0.3, 0.4) is 0 Å². The Balaban J connectivity index is 1.87. The van der Waals surface area contributed by atoms with Crippen LogP contribution in [0.2, 0.25) is 0 Å². The number of amides is 3. The maximum atomic E-state index is 13.0. The van der Waals surface area contributed by atoms with Gasteiger partial charge in [-0.2, -0.15) is 0 Å². The number of hydrogen-bond donors (Lipinski definition) is 1. The van der Waals surface area contributed by atoms with Crippen LogP contribution in [0, 0.1) is 10.8 Å². The maximum absolute atomic E-state index is 13.0. The van der Waals surface area contributed by atoms with Crippen LogP contribution < -0.4 is 10.6 Å². The summed E-state index contributed by atoms with van der Waals surface area (Å²) in [6.07, 6.45) is 2.81.